The number of nitrogens with zero attached hydrogens (tertiary/aromatic N) is 1. The van der Waals surface area contributed by atoms with E-state index in [2.05, 4.69) is 17.1 Å². The van der Waals surface area contributed by atoms with Gasteiger partial charge < -0.3 is 16.0 Å². The summed E-state index contributed by atoms with van der Waals surface area (Å²) in [6.45, 7) is 5.83. The highest BCUT2D eigenvalue weighted by Gasteiger charge is 2.35. The maximum Gasteiger partial charge on any atom is 0.223 e. The summed E-state index contributed by atoms with van der Waals surface area (Å²) in [6, 6.07) is 0.442. The van der Waals surface area contributed by atoms with Crippen molar-refractivity contribution in [2.75, 3.05) is 26.2 Å². The van der Waals surface area contributed by atoms with E-state index < -0.39 is 0 Å². The van der Waals surface area contributed by atoms with Gasteiger partial charge in [-0.25, -0.2) is 0 Å². The number of rotatable bonds is 6. The quantitative estimate of drug-likeness (QED) is 0.790. The Morgan fingerprint density at radius 3 is 2.48 bits per heavy atom. The molecule has 1 saturated carbocycles. The van der Waals surface area contributed by atoms with Crippen molar-refractivity contribution in [2.45, 2.75) is 70.8 Å². The van der Waals surface area contributed by atoms with Crippen LogP contribution in [-0.4, -0.2) is 43.0 Å². The summed E-state index contributed by atoms with van der Waals surface area (Å²) in [6.07, 6.45) is 9.99. The molecule has 0 unspecified atom stereocenters. The summed E-state index contributed by atoms with van der Waals surface area (Å²) in [7, 11) is 0. The van der Waals surface area contributed by atoms with Crippen LogP contribution < -0.4 is 11.1 Å². The standard InChI is InChI=1S/C17H33N3O/c1-2-12-20(15-6-10-19-11-7-15)16(21)13-17(14-18)8-4-3-5-9-17/h15,19H,2-14,18H2,1H3. The molecule has 0 atom stereocenters. The largest absolute Gasteiger partial charge is 0.340 e. The Balaban J connectivity index is 1.99. The van der Waals surface area contributed by atoms with Crippen molar-refractivity contribution in [3.8, 4) is 0 Å². The highest BCUT2D eigenvalue weighted by Crippen LogP contribution is 2.39. The molecule has 1 amide bonds. The number of hydrogen-bond acceptors (Lipinski definition) is 3. The molecule has 0 aromatic rings. The van der Waals surface area contributed by atoms with Gasteiger partial charge in [-0.05, 0) is 57.2 Å². The SMILES string of the molecule is CCCN(C(=O)CC1(CN)CCCCC1)C1CCNCC1. The lowest BCUT2D eigenvalue weighted by atomic mass is 9.71. The van der Waals surface area contributed by atoms with Crippen LogP contribution in [-0.2, 0) is 4.79 Å². The molecule has 1 aliphatic carbocycles. The van der Waals surface area contributed by atoms with Gasteiger partial charge in [-0.2, -0.15) is 0 Å². The summed E-state index contributed by atoms with van der Waals surface area (Å²) < 4.78 is 0. The first-order valence-corrected chi connectivity index (χ1v) is 8.91. The zero-order chi connectivity index (χ0) is 15.1. The topological polar surface area (TPSA) is 58.4 Å². The number of carbonyl (C=O) groups is 1. The van der Waals surface area contributed by atoms with Gasteiger partial charge in [-0.15, -0.1) is 0 Å². The van der Waals surface area contributed by atoms with Crippen LogP contribution in [0.5, 0.6) is 0 Å². The van der Waals surface area contributed by atoms with Crippen molar-refractivity contribution < 1.29 is 4.79 Å². The van der Waals surface area contributed by atoms with Crippen LogP contribution in [0.1, 0.15) is 64.7 Å². The Kier molecular flexibility index (Phi) is 6.49. The molecule has 2 fully saturated rings. The van der Waals surface area contributed by atoms with E-state index in [1.54, 1.807) is 0 Å². The summed E-state index contributed by atoms with van der Waals surface area (Å²) in [5, 5.41) is 3.39. The minimum Gasteiger partial charge on any atom is -0.340 e. The van der Waals surface area contributed by atoms with E-state index in [0.717, 1.165) is 51.7 Å². The molecule has 122 valence electrons. The Bertz CT molecular complexity index is 320. The second-order valence-electron chi connectivity index (χ2n) is 7.01. The van der Waals surface area contributed by atoms with Gasteiger partial charge in [0.1, 0.15) is 0 Å². The normalized spacial score (nSPS) is 23.0. The summed E-state index contributed by atoms with van der Waals surface area (Å²) >= 11 is 0. The van der Waals surface area contributed by atoms with Crippen molar-refractivity contribution in [1.82, 2.24) is 10.2 Å². The van der Waals surface area contributed by atoms with E-state index in [-0.39, 0.29) is 5.41 Å². The molecule has 2 rings (SSSR count). The van der Waals surface area contributed by atoms with Gasteiger partial charge in [0.25, 0.3) is 0 Å². The second kappa shape index (κ2) is 8.14. The number of amides is 1. The lowest BCUT2D eigenvalue weighted by Crippen LogP contribution is -2.48. The number of hydrogen-bond donors (Lipinski definition) is 2. The summed E-state index contributed by atoms with van der Waals surface area (Å²) in [5.41, 5.74) is 6.15. The van der Waals surface area contributed by atoms with Gasteiger partial charge in [0.2, 0.25) is 5.91 Å². The third kappa shape index (κ3) is 4.43. The molecular formula is C17H33N3O. The number of nitrogens with two attached hydrogens (primary N) is 1. The zero-order valence-electron chi connectivity index (χ0n) is 13.7. The molecule has 2 aliphatic rings. The predicted octanol–water partition coefficient (Wildman–Crippen LogP) is 2.28. The maximum atomic E-state index is 12.9. The molecule has 4 heteroatoms. The van der Waals surface area contributed by atoms with Gasteiger partial charge in [-0.3, -0.25) is 4.79 Å². The van der Waals surface area contributed by atoms with Crippen molar-refractivity contribution in [1.29, 1.82) is 0 Å². The number of piperidine rings is 1. The van der Waals surface area contributed by atoms with E-state index >= 15 is 0 Å². The highest BCUT2D eigenvalue weighted by molar-refractivity contribution is 5.77. The molecule has 1 aliphatic heterocycles. The fourth-order valence-electron chi connectivity index (χ4n) is 4.05. The first-order valence-electron chi connectivity index (χ1n) is 8.91. The van der Waals surface area contributed by atoms with E-state index in [1.807, 2.05) is 0 Å². The molecule has 0 bridgehead atoms. The van der Waals surface area contributed by atoms with E-state index in [1.165, 1.54) is 19.3 Å². The van der Waals surface area contributed by atoms with Crippen molar-refractivity contribution in [2.24, 2.45) is 11.1 Å². The molecule has 0 radical (unpaired) electrons. The first-order chi connectivity index (χ1) is 10.2. The average Bonchev–Trinajstić information content (AvgIpc) is 2.54. The molecule has 0 aromatic heterocycles. The molecule has 21 heavy (non-hydrogen) atoms. The first kappa shape index (κ1) is 16.8. The van der Waals surface area contributed by atoms with Crippen LogP contribution in [0.4, 0.5) is 0 Å². The van der Waals surface area contributed by atoms with Crippen LogP contribution in [0.2, 0.25) is 0 Å². The van der Waals surface area contributed by atoms with E-state index in [4.69, 9.17) is 5.73 Å². The van der Waals surface area contributed by atoms with Gasteiger partial charge in [0.15, 0.2) is 0 Å². The average molecular weight is 295 g/mol. The van der Waals surface area contributed by atoms with Crippen LogP contribution >= 0.6 is 0 Å². The third-order valence-corrected chi connectivity index (χ3v) is 5.41. The molecule has 1 heterocycles. The molecule has 3 N–H and O–H groups in total. The Hall–Kier alpha value is -0.610. The molecule has 4 nitrogen and oxygen atoms in total. The molecule has 0 aromatic carbocycles. The fourth-order valence-corrected chi connectivity index (χ4v) is 4.05. The minimum absolute atomic E-state index is 0.0915. The van der Waals surface area contributed by atoms with Crippen LogP contribution in [0.15, 0.2) is 0 Å². The van der Waals surface area contributed by atoms with Crippen LogP contribution in [0.25, 0.3) is 0 Å². The number of carbonyl (C=O) groups excluding carboxylic acids is 1. The predicted molar refractivity (Wildman–Crippen MR) is 87.1 cm³/mol. The van der Waals surface area contributed by atoms with Crippen LogP contribution in [0.3, 0.4) is 0 Å². The lowest BCUT2D eigenvalue weighted by molar-refractivity contribution is -0.137. The van der Waals surface area contributed by atoms with Crippen molar-refractivity contribution in [3.63, 3.8) is 0 Å². The Morgan fingerprint density at radius 1 is 1.24 bits per heavy atom. The maximum absolute atomic E-state index is 12.9. The molecule has 1 saturated heterocycles. The summed E-state index contributed by atoms with van der Waals surface area (Å²) in [4.78, 5) is 15.1. The van der Waals surface area contributed by atoms with Crippen molar-refractivity contribution >= 4 is 5.91 Å². The molecule has 0 spiro atoms. The van der Waals surface area contributed by atoms with Gasteiger partial charge in [0.05, 0.1) is 0 Å². The molecular weight excluding hydrogens is 262 g/mol. The second-order valence-corrected chi connectivity index (χ2v) is 7.01. The monoisotopic (exact) mass is 295 g/mol. The number of nitrogens with one attached hydrogen (secondary N) is 1. The van der Waals surface area contributed by atoms with Gasteiger partial charge in [-0.1, -0.05) is 26.2 Å². The van der Waals surface area contributed by atoms with Crippen LogP contribution in [0, 0.1) is 5.41 Å². The lowest BCUT2D eigenvalue weighted by Gasteiger charge is -2.40. The highest BCUT2D eigenvalue weighted by atomic mass is 16.2. The smallest absolute Gasteiger partial charge is 0.223 e. The van der Waals surface area contributed by atoms with Crippen molar-refractivity contribution in [3.05, 3.63) is 0 Å². The fraction of sp³-hybridized carbons (Fsp3) is 0.941. The van der Waals surface area contributed by atoms with E-state index in [9.17, 15) is 4.79 Å². The summed E-state index contributed by atoms with van der Waals surface area (Å²) in [5.74, 6) is 0.358. The van der Waals surface area contributed by atoms with E-state index in [0.29, 0.717) is 24.9 Å². The minimum atomic E-state index is 0.0915. The Labute approximate surface area is 129 Å². The van der Waals surface area contributed by atoms with Gasteiger partial charge >= 0.3 is 0 Å². The third-order valence-electron chi connectivity index (χ3n) is 5.41. The zero-order valence-corrected chi connectivity index (χ0v) is 13.7. The Morgan fingerprint density at radius 2 is 1.90 bits per heavy atom. The van der Waals surface area contributed by atoms with Gasteiger partial charge in [0, 0.05) is 19.0 Å².